The summed E-state index contributed by atoms with van der Waals surface area (Å²) in [6.45, 7) is 13.1. The van der Waals surface area contributed by atoms with Crippen LogP contribution in [0.2, 0.25) is 0 Å². The van der Waals surface area contributed by atoms with E-state index in [9.17, 15) is 0 Å². The van der Waals surface area contributed by atoms with Crippen LogP contribution in [-0.2, 0) is 23.5 Å². The average molecular weight is 554 g/mol. The predicted octanol–water partition coefficient (Wildman–Crippen LogP) is 8.26. The first-order valence-electron chi connectivity index (χ1n) is 11.2. The van der Waals surface area contributed by atoms with E-state index in [1.807, 2.05) is 60.9 Å². The molecule has 0 atom stereocenters. The Morgan fingerprint density at radius 2 is 0.857 bits per heavy atom. The summed E-state index contributed by atoms with van der Waals surface area (Å²) in [7, 11) is 9.40. The zero-order valence-electron chi connectivity index (χ0n) is 20.9. The number of hydrogen-bond donors (Lipinski definition) is 0. The molecule has 35 heavy (non-hydrogen) atoms. The molecule has 0 saturated carbocycles. The van der Waals surface area contributed by atoms with Gasteiger partial charge in [-0.05, 0) is 58.4 Å². The van der Waals surface area contributed by atoms with Crippen molar-refractivity contribution < 1.29 is 12.7 Å². The summed E-state index contributed by atoms with van der Waals surface area (Å²) in [5.74, 6) is 0. The Morgan fingerprint density at radius 1 is 0.514 bits per heavy atom. The van der Waals surface area contributed by atoms with Gasteiger partial charge in [0.05, 0.1) is 22.8 Å². The van der Waals surface area contributed by atoms with Gasteiger partial charge in [0.1, 0.15) is 0 Å². The van der Waals surface area contributed by atoms with Crippen LogP contribution in [0, 0.1) is 0 Å². The molecular weight excluding hydrogens is 522 g/mol. The Kier molecular flexibility index (Phi) is 11.3. The van der Waals surface area contributed by atoms with Crippen LogP contribution >= 0.6 is 20.4 Å². The molecule has 0 bridgehead atoms. The number of aromatic nitrogens is 4. The molecule has 0 N–H and O–H groups in total. The molecule has 4 heterocycles. The fraction of sp³-hybridized carbons (Fsp3) is 0.286. The van der Waals surface area contributed by atoms with Crippen molar-refractivity contribution in [1.82, 2.24) is 19.9 Å². The van der Waals surface area contributed by atoms with Crippen molar-refractivity contribution in [2.24, 2.45) is 0 Å². The summed E-state index contributed by atoms with van der Waals surface area (Å²) in [4.78, 5) is 17.6. The van der Waals surface area contributed by atoms with E-state index < -0.39 is 0 Å². The van der Waals surface area contributed by atoms with Crippen LogP contribution in [0.3, 0.4) is 0 Å². The van der Waals surface area contributed by atoms with Gasteiger partial charge in [-0.15, -0.1) is 0 Å². The van der Waals surface area contributed by atoms with E-state index in [4.69, 9.17) is 20.4 Å². The fourth-order valence-corrected chi connectivity index (χ4v) is 3.43. The van der Waals surface area contributed by atoms with Crippen LogP contribution in [0.1, 0.15) is 52.7 Å². The Labute approximate surface area is 223 Å². The van der Waals surface area contributed by atoms with E-state index in [-0.39, 0.29) is 10.8 Å². The minimum absolute atomic E-state index is 0.0844. The Hall–Kier alpha value is -2.33. The molecular formula is C28H32Cl2N4Ni. The van der Waals surface area contributed by atoms with Gasteiger partial charge < -0.3 is 0 Å². The van der Waals surface area contributed by atoms with Crippen molar-refractivity contribution in [2.45, 2.75) is 52.4 Å². The standard InChI is InChI=1S/2C14H16N2.2ClH.Ni/c2*1-14(2,3)11-7-6-10-16-13(11)12-8-4-5-9-15-12;;;/h2*4-10H,1-3H3;2*1H;/q;;;;+2/p-2. The normalized spacial score (nSPS) is 11.1. The van der Waals surface area contributed by atoms with Crippen LogP contribution < -0.4 is 0 Å². The second-order valence-electron chi connectivity index (χ2n) is 9.77. The second-order valence-corrected chi connectivity index (χ2v) is 11.4. The first-order chi connectivity index (χ1) is 16.6. The van der Waals surface area contributed by atoms with Crippen LogP contribution in [-0.4, -0.2) is 19.9 Å². The molecule has 0 spiro atoms. The molecule has 0 saturated heterocycles. The first kappa shape index (κ1) is 28.9. The molecule has 0 unspecified atom stereocenters. The molecule has 0 aromatic carbocycles. The quantitative estimate of drug-likeness (QED) is 0.234. The summed E-state index contributed by atoms with van der Waals surface area (Å²) in [6, 6.07) is 20.0. The van der Waals surface area contributed by atoms with E-state index in [1.165, 1.54) is 11.1 Å². The van der Waals surface area contributed by atoms with Crippen LogP contribution in [0.5, 0.6) is 0 Å². The van der Waals surface area contributed by atoms with E-state index in [0.29, 0.717) is 12.7 Å². The second kappa shape index (κ2) is 13.7. The predicted molar refractivity (Wildman–Crippen MR) is 144 cm³/mol. The first-order valence-corrected chi connectivity index (χ1v) is 13.9. The number of nitrogens with zero attached hydrogens (tertiary/aromatic N) is 4. The van der Waals surface area contributed by atoms with Gasteiger partial charge in [0, 0.05) is 24.8 Å². The SMILES string of the molecule is CC(C)(C)c1cccnc1-c1ccccn1.CC(C)(C)c1cccnc1-c1ccccn1.[Cl][Ni][Cl]. The topological polar surface area (TPSA) is 51.6 Å². The van der Waals surface area contributed by atoms with Gasteiger partial charge in [0.25, 0.3) is 0 Å². The van der Waals surface area contributed by atoms with Gasteiger partial charge in [-0.1, -0.05) is 65.8 Å². The van der Waals surface area contributed by atoms with Gasteiger partial charge in [-0.25, -0.2) is 0 Å². The van der Waals surface area contributed by atoms with Crippen molar-refractivity contribution >= 4 is 20.4 Å². The van der Waals surface area contributed by atoms with Crippen molar-refractivity contribution in [3.8, 4) is 22.8 Å². The Bertz CT molecular complexity index is 1070. The molecule has 4 rings (SSSR count). The third-order valence-electron chi connectivity index (χ3n) is 5.05. The molecule has 0 amide bonds. The van der Waals surface area contributed by atoms with Crippen molar-refractivity contribution in [3.05, 3.63) is 96.6 Å². The molecule has 0 aliphatic carbocycles. The summed E-state index contributed by atoms with van der Waals surface area (Å²) in [5.41, 5.74) is 6.47. The van der Waals surface area contributed by atoms with Gasteiger partial charge in [0.2, 0.25) is 0 Å². The van der Waals surface area contributed by atoms with E-state index in [1.54, 1.807) is 12.4 Å². The van der Waals surface area contributed by atoms with Gasteiger partial charge in [-0.3, -0.25) is 19.9 Å². The molecule has 0 radical (unpaired) electrons. The third kappa shape index (κ3) is 9.00. The van der Waals surface area contributed by atoms with Crippen LogP contribution in [0.25, 0.3) is 22.8 Å². The molecule has 4 nitrogen and oxygen atoms in total. The number of halogens is 2. The zero-order valence-corrected chi connectivity index (χ0v) is 23.4. The summed E-state index contributed by atoms with van der Waals surface area (Å²) >= 11 is 0.569. The molecule has 4 aromatic rings. The van der Waals surface area contributed by atoms with Gasteiger partial charge in [0.15, 0.2) is 0 Å². The van der Waals surface area contributed by atoms with Crippen molar-refractivity contribution in [1.29, 1.82) is 0 Å². The number of hydrogen-bond acceptors (Lipinski definition) is 4. The molecule has 7 heteroatoms. The van der Waals surface area contributed by atoms with Crippen LogP contribution in [0.15, 0.2) is 85.5 Å². The van der Waals surface area contributed by atoms with Crippen molar-refractivity contribution in [2.75, 3.05) is 0 Å². The number of rotatable bonds is 2. The van der Waals surface area contributed by atoms with E-state index in [2.05, 4.69) is 73.6 Å². The summed E-state index contributed by atoms with van der Waals surface area (Å²) in [6.07, 6.45) is 7.24. The number of pyridine rings is 4. The maximum absolute atomic E-state index is 4.70. The zero-order chi connectivity index (χ0) is 25.9. The Morgan fingerprint density at radius 3 is 1.14 bits per heavy atom. The molecule has 0 aliphatic rings. The van der Waals surface area contributed by atoms with E-state index in [0.717, 1.165) is 22.8 Å². The molecule has 4 aromatic heterocycles. The Balaban J connectivity index is 0.000000222. The molecule has 0 fully saturated rings. The summed E-state index contributed by atoms with van der Waals surface area (Å²) < 4.78 is 0. The van der Waals surface area contributed by atoms with Crippen LogP contribution in [0.4, 0.5) is 0 Å². The average Bonchev–Trinajstić information content (AvgIpc) is 2.85. The fourth-order valence-electron chi connectivity index (χ4n) is 3.43. The minimum atomic E-state index is 0.0844. The van der Waals surface area contributed by atoms with Gasteiger partial charge >= 0.3 is 33.0 Å². The summed E-state index contributed by atoms with van der Waals surface area (Å²) in [5, 5.41) is 0. The monoisotopic (exact) mass is 552 g/mol. The van der Waals surface area contributed by atoms with E-state index >= 15 is 0 Å². The van der Waals surface area contributed by atoms with Crippen molar-refractivity contribution in [3.63, 3.8) is 0 Å². The molecule has 188 valence electrons. The molecule has 0 aliphatic heterocycles. The third-order valence-corrected chi connectivity index (χ3v) is 5.05. The maximum atomic E-state index is 4.70. The van der Waals surface area contributed by atoms with Gasteiger partial charge in [-0.2, -0.15) is 0 Å².